The first kappa shape index (κ1) is 10.5. The normalized spacial score (nSPS) is 25.1. The van der Waals surface area contributed by atoms with Crippen LogP contribution in [0.15, 0.2) is 18.6 Å². The second kappa shape index (κ2) is 4.68. The second-order valence-electron chi connectivity index (χ2n) is 4.10. The van der Waals surface area contributed by atoms with Crippen molar-refractivity contribution in [1.29, 1.82) is 0 Å². The average Bonchev–Trinajstić information content (AvgIpc) is 2.30. The summed E-state index contributed by atoms with van der Waals surface area (Å²) in [6.45, 7) is 7.66. The van der Waals surface area contributed by atoms with Gasteiger partial charge in [-0.3, -0.25) is 14.9 Å². The maximum Gasteiger partial charge on any atom is 0.0755 e. The summed E-state index contributed by atoms with van der Waals surface area (Å²) in [5.41, 5.74) is 1.06. The van der Waals surface area contributed by atoms with Gasteiger partial charge in [0.05, 0.1) is 11.7 Å². The largest absolute Gasteiger partial charge is 0.314 e. The Morgan fingerprint density at radius 2 is 2.40 bits per heavy atom. The van der Waals surface area contributed by atoms with Gasteiger partial charge in [0.1, 0.15) is 0 Å². The third-order valence-electron chi connectivity index (χ3n) is 3.06. The maximum absolute atomic E-state index is 4.36. The monoisotopic (exact) mass is 206 g/mol. The van der Waals surface area contributed by atoms with Gasteiger partial charge in [0.2, 0.25) is 0 Å². The van der Waals surface area contributed by atoms with Crippen LogP contribution >= 0.6 is 0 Å². The Morgan fingerprint density at radius 1 is 1.53 bits per heavy atom. The summed E-state index contributed by atoms with van der Waals surface area (Å²) in [7, 11) is 0. The molecule has 0 spiro atoms. The van der Waals surface area contributed by atoms with Gasteiger partial charge in [-0.1, -0.05) is 0 Å². The van der Waals surface area contributed by atoms with Crippen LogP contribution in [0.1, 0.15) is 25.6 Å². The van der Waals surface area contributed by atoms with Gasteiger partial charge in [0.25, 0.3) is 0 Å². The van der Waals surface area contributed by atoms with Crippen molar-refractivity contribution in [3.05, 3.63) is 24.3 Å². The smallest absolute Gasteiger partial charge is 0.0755 e. The highest BCUT2D eigenvalue weighted by Crippen LogP contribution is 2.20. The first-order chi connectivity index (χ1) is 7.29. The minimum absolute atomic E-state index is 0.357. The molecule has 1 fully saturated rings. The van der Waals surface area contributed by atoms with Crippen LogP contribution in [0.5, 0.6) is 0 Å². The molecule has 0 aliphatic carbocycles. The van der Waals surface area contributed by atoms with E-state index in [0.29, 0.717) is 12.1 Å². The Hall–Kier alpha value is -1.00. The fourth-order valence-corrected chi connectivity index (χ4v) is 2.13. The lowest BCUT2D eigenvalue weighted by Crippen LogP contribution is -2.50. The summed E-state index contributed by atoms with van der Waals surface area (Å²) in [4.78, 5) is 11.0. The van der Waals surface area contributed by atoms with E-state index in [-0.39, 0.29) is 0 Å². The number of rotatable bonds is 2. The first-order valence-corrected chi connectivity index (χ1v) is 5.51. The van der Waals surface area contributed by atoms with Crippen LogP contribution in [-0.2, 0) is 0 Å². The molecule has 0 bridgehead atoms. The molecule has 1 aliphatic heterocycles. The van der Waals surface area contributed by atoms with Crippen molar-refractivity contribution in [3.8, 4) is 0 Å². The molecular formula is C11H18N4. The zero-order valence-electron chi connectivity index (χ0n) is 9.35. The van der Waals surface area contributed by atoms with Crippen molar-refractivity contribution in [2.75, 3.05) is 19.6 Å². The molecule has 1 aromatic rings. The molecule has 1 saturated heterocycles. The first-order valence-electron chi connectivity index (χ1n) is 5.51. The minimum Gasteiger partial charge on any atom is -0.314 e. The van der Waals surface area contributed by atoms with Crippen molar-refractivity contribution in [3.63, 3.8) is 0 Å². The lowest BCUT2D eigenvalue weighted by molar-refractivity contribution is 0.123. The minimum atomic E-state index is 0.357. The van der Waals surface area contributed by atoms with E-state index in [4.69, 9.17) is 0 Å². The van der Waals surface area contributed by atoms with Crippen LogP contribution in [0.2, 0.25) is 0 Å². The predicted octanol–water partition coefficient (Wildman–Crippen LogP) is 0.831. The zero-order chi connectivity index (χ0) is 10.7. The Kier molecular flexibility index (Phi) is 3.28. The van der Waals surface area contributed by atoms with Crippen molar-refractivity contribution >= 4 is 0 Å². The van der Waals surface area contributed by atoms with Gasteiger partial charge in [0, 0.05) is 44.3 Å². The van der Waals surface area contributed by atoms with Crippen LogP contribution < -0.4 is 5.32 Å². The number of nitrogens with one attached hydrogen (secondary N) is 1. The molecule has 2 unspecified atom stereocenters. The molecule has 0 saturated carbocycles. The summed E-state index contributed by atoms with van der Waals surface area (Å²) in [6, 6.07) is 0.923. The average molecular weight is 206 g/mol. The highest BCUT2D eigenvalue weighted by molar-refractivity contribution is 5.02. The van der Waals surface area contributed by atoms with Crippen molar-refractivity contribution < 1.29 is 0 Å². The van der Waals surface area contributed by atoms with E-state index in [1.807, 2.05) is 6.20 Å². The summed E-state index contributed by atoms with van der Waals surface area (Å²) in [6.07, 6.45) is 5.34. The summed E-state index contributed by atoms with van der Waals surface area (Å²) >= 11 is 0. The van der Waals surface area contributed by atoms with Gasteiger partial charge >= 0.3 is 0 Å². The molecule has 2 atom stereocenters. The molecule has 2 rings (SSSR count). The highest BCUT2D eigenvalue weighted by Gasteiger charge is 2.24. The Morgan fingerprint density at radius 3 is 3.07 bits per heavy atom. The van der Waals surface area contributed by atoms with Gasteiger partial charge < -0.3 is 5.32 Å². The Labute approximate surface area is 90.7 Å². The molecule has 1 aromatic heterocycles. The molecule has 0 radical (unpaired) electrons. The van der Waals surface area contributed by atoms with Crippen molar-refractivity contribution in [2.24, 2.45) is 0 Å². The van der Waals surface area contributed by atoms with Crippen LogP contribution in [0.4, 0.5) is 0 Å². The van der Waals surface area contributed by atoms with Gasteiger partial charge in [0.15, 0.2) is 0 Å². The molecule has 0 amide bonds. The fraction of sp³-hybridized carbons (Fsp3) is 0.636. The summed E-state index contributed by atoms with van der Waals surface area (Å²) in [5, 5.41) is 3.39. The van der Waals surface area contributed by atoms with Crippen LogP contribution in [0, 0.1) is 0 Å². The van der Waals surface area contributed by atoms with E-state index in [2.05, 4.69) is 34.0 Å². The molecule has 4 heteroatoms. The number of hydrogen-bond acceptors (Lipinski definition) is 4. The number of aromatic nitrogens is 2. The molecule has 4 nitrogen and oxygen atoms in total. The zero-order valence-corrected chi connectivity index (χ0v) is 9.35. The van der Waals surface area contributed by atoms with Crippen LogP contribution in [0.3, 0.4) is 0 Å². The topological polar surface area (TPSA) is 41.0 Å². The summed E-state index contributed by atoms with van der Waals surface area (Å²) < 4.78 is 0. The molecule has 0 aromatic carbocycles. The van der Waals surface area contributed by atoms with Crippen molar-refractivity contribution in [2.45, 2.75) is 25.9 Å². The molecule has 15 heavy (non-hydrogen) atoms. The second-order valence-corrected chi connectivity index (χ2v) is 4.10. The maximum atomic E-state index is 4.36. The highest BCUT2D eigenvalue weighted by atomic mass is 15.2. The van der Waals surface area contributed by atoms with E-state index in [9.17, 15) is 0 Å². The van der Waals surface area contributed by atoms with E-state index in [1.54, 1.807) is 12.4 Å². The van der Waals surface area contributed by atoms with E-state index in [0.717, 1.165) is 25.3 Å². The quantitative estimate of drug-likeness (QED) is 0.778. The molecule has 1 aliphatic rings. The summed E-state index contributed by atoms with van der Waals surface area (Å²) in [5.74, 6) is 0. The molecule has 1 N–H and O–H groups in total. The third-order valence-corrected chi connectivity index (χ3v) is 3.06. The molecule has 2 heterocycles. The molecule has 82 valence electrons. The van der Waals surface area contributed by atoms with Crippen LogP contribution in [-0.4, -0.2) is 40.5 Å². The van der Waals surface area contributed by atoms with Gasteiger partial charge in [-0.05, 0) is 13.8 Å². The van der Waals surface area contributed by atoms with E-state index >= 15 is 0 Å². The lowest BCUT2D eigenvalue weighted by Gasteiger charge is -2.37. The number of nitrogens with zero attached hydrogens (tertiary/aromatic N) is 3. The van der Waals surface area contributed by atoms with Gasteiger partial charge in [-0.15, -0.1) is 0 Å². The van der Waals surface area contributed by atoms with Gasteiger partial charge in [-0.2, -0.15) is 0 Å². The standard InChI is InChI=1S/C11H18N4/c1-9-7-13-5-6-15(9)10(2)11-8-12-3-4-14-11/h3-4,8-10,13H,5-7H2,1-2H3. The van der Waals surface area contributed by atoms with Gasteiger partial charge in [-0.25, -0.2) is 0 Å². The van der Waals surface area contributed by atoms with E-state index in [1.165, 1.54) is 0 Å². The Balaban J connectivity index is 2.09. The SMILES string of the molecule is CC1CNCCN1C(C)c1cnccn1. The van der Waals surface area contributed by atoms with Crippen LogP contribution in [0.25, 0.3) is 0 Å². The van der Waals surface area contributed by atoms with Crippen molar-refractivity contribution in [1.82, 2.24) is 20.2 Å². The molecular weight excluding hydrogens is 188 g/mol. The number of piperazine rings is 1. The third kappa shape index (κ3) is 2.33. The van der Waals surface area contributed by atoms with E-state index < -0.39 is 0 Å². The Bertz CT molecular complexity index is 301. The number of hydrogen-bond donors (Lipinski definition) is 1. The fourth-order valence-electron chi connectivity index (χ4n) is 2.13. The lowest BCUT2D eigenvalue weighted by atomic mass is 10.1. The predicted molar refractivity (Wildman–Crippen MR) is 59.5 cm³/mol.